The first kappa shape index (κ1) is 13.4. The van der Waals surface area contributed by atoms with Gasteiger partial charge in [-0.05, 0) is 55.9 Å². The molecule has 3 nitrogen and oxygen atoms in total. The van der Waals surface area contributed by atoms with Gasteiger partial charge in [0.1, 0.15) is 0 Å². The summed E-state index contributed by atoms with van der Waals surface area (Å²) in [6.45, 7) is 6.53. The Kier molecular flexibility index (Phi) is 3.59. The average Bonchev–Trinajstić information content (AvgIpc) is 2.99. The van der Waals surface area contributed by atoms with Crippen molar-refractivity contribution in [3.8, 4) is 0 Å². The number of fused-ring (bicyclic) bond motifs is 2. The molecule has 2 bridgehead atoms. The number of amides is 1. The largest absolute Gasteiger partial charge is 0.354 e. The van der Waals surface area contributed by atoms with E-state index in [9.17, 15) is 4.79 Å². The maximum atomic E-state index is 12.3. The minimum absolute atomic E-state index is 0.306. The summed E-state index contributed by atoms with van der Waals surface area (Å²) in [4.78, 5) is 12.3. The summed E-state index contributed by atoms with van der Waals surface area (Å²) < 4.78 is 0. The van der Waals surface area contributed by atoms with E-state index < -0.39 is 0 Å². The molecule has 2 saturated carbocycles. The fourth-order valence-corrected chi connectivity index (χ4v) is 4.52. The van der Waals surface area contributed by atoms with Crippen LogP contribution < -0.4 is 10.6 Å². The van der Waals surface area contributed by atoms with E-state index in [2.05, 4.69) is 24.5 Å². The van der Waals surface area contributed by atoms with E-state index in [0.717, 1.165) is 25.4 Å². The Labute approximate surface area is 116 Å². The van der Waals surface area contributed by atoms with Gasteiger partial charge in [0.15, 0.2) is 0 Å². The molecule has 0 aromatic rings. The topological polar surface area (TPSA) is 41.1 Å². The highest BCUT2D eigenvalue weighted by Crippen LogP contribution is 2.48. The van der Waals surface area contributed by atoms with Gasteiger partial charge in [-0.1, -0.05) is 20.3 Å². The zero-order valence-corrected chi connectivity index (χ0v) is 12.4. The number of carbonyl (C=O) groups is 1. The molecule has 1 saturated heterocycles. The van der Waals surface area contributed by atoms with E-state index in [1.165, 1.54) is 32.1 Å². The normalized spacial score (nSPS) is 40.3. The molecule has 4 unspecified atom stereocenters. The molecule has 3 aliphatic rings. The van der Waals surface area contributed by atoms with Gasteiger partial charge >= 0.3 is 0 Å². The van der Waals surface area contributed by atoms with Crippen molar-refractivity contribution in [3.05, 3.63) is 0 Å². The number of carbonyl (C=O) groups excluding carboxylic acids is 1. The molecule has 4 atom stereocenters. The monoisotopic (exact) mass is 264 g/mol. The molecule has 3 rings (SSSR count). The third-order valence-electron chi connectivity index (χ3n) is 5.89. The minimum atomic E-state index is 0.306. The van der Waals surface area contributed by atoms with Gasteiger partial charge in [-0.15, -0.1) is 0 Å². The molecule has 3 heteroatoms. The summed E-state index contributed by atoms with van der Waals surface area (Å²) in [6, 6.07) is 0.434. The van der Waals surface area contributed by atoms with E-state index >= 15 is 0 Å². The molecule has 0 spiro atoms. The van der Waals surface area contributed by atoms with Gasteiger partial charge in [0, 0.05) is 18.5 Å². The summed E-state index contributed by atoms with van der Waals surface area (Å²) >= 11 is 0. The van der Waals surface area contributed by atoms with E-state index in [1.54, 1.807) is 0 Å². The Bertz CT molecular complexity index is 353. The van der Waals surface area contributed by atoms with Crippen molar-refractivity contribution in [2.75, 3.05) is 13.1 Å². The van der Waals surface area contributed by atoms with Gasteiger partial charge in [0.05, 0.1) is 0 Å². The molecular formula is C16H28N2O. The van der Waals surface area contributed by atoms with E-state index in [-0.39, 0.29) is 0 Å². The number of rotatable bonds is 3. The third-order valence-corrected chi connectivity index (χ3v) is 5.89. The molecule has 1 amide bonds. The first-order valence-corrected chi connectivity index (χ1v) is 8.07. The SMILES string of the molecule is CC1(C)CCCNC1CNC(=O)C1CC2CCC1C2. The molecule has 1 heterocycles. The lowest BCUT2D eigenvalue weighted by Crippen LogP contribution is -2.53. The molecule has 0 aromatic carbocycles. The van der Waals surface area contributed by atoms with Crippen LogP contribution in [0.25, 0.3) is 0 Å². The zero-order chi connectivity index (χ0) is 13.5. The molecule has 1 aliphatic heterocycles. The predicted octanol–water partition coefficient (Wildman–Crippen LogP) is 2.32. The standard InChI is InChI=1S/C16H28N2O/c1-16(2)6-3-7-17-14(16)10-18-15(19)13-9-11-4-5-12(13)8-11/h11-14,17H,3-10H2,1-2H3,(H,18,19). The van der Waals surface area contributed by atoms with Gasteiger partial charge in [-0.3, -0.25) is 4.79 Å². The van der Waals surface area contributed by atoms with Gasteiger partial charge in [0.25, 0.3) is 0 Å². The van der Waals surface area contributed by atoms with Gasteiger partial charge < -0.3 is 10.6 Å². The number of nitrogens with one attached hydrogen (secondary N) is 2. The highest BCUT2D eigenvalue weighted by atomic mass is 16.1. The third kappa shape index (κ3) is 2.67. The molecule has 2 aliphatic carbocycles. The van der Waals surface area contributed by atoms with Crippen molar-refractivity contribution in [1.29, 1.82) is 0 Å². The molecule has 2 N–H and O–H groups in total. The Morgan fingerprint density at radius 3 is 2.79 bits per heavy atom. The second-order valence-corrected chi connectivity index (χ2v) is 7.63. The van der Waals surface area contributed by atoms with Gasteiger partial charge in [-0.2, -0.15) is 0 Å². The van der Waals surface area contributed by atoms with Crippen LogP contribution in [0.15, 0.2) is 0 Å². The Hall–Kier alpha value is -0.570. The Morgan fingerprint density at radius 2 is 2.16 bits per heavy atom. The molecule has 0 aromatic heterocycles. The van der Waals surface area contributed by atoms with E-state index in [4.69, 9.17) is 0 Å². The van der Waals surface area contributed by atoms with Crippen LogP contribution in [-0.2, 0) is 4.79 Å². The maximum absolute atomic E-state index is 12.3. The second-order valence-electron chi connectivity index (χ2n) is 7.63. The lowest BCUT2D eigenvalue weighted by molar-refractivity contribution is -0.126. The van der Waals surface area contributed by atoms with Crippen LogP contribution in [0.2, 0.25) is 0 Å². The Balaban J connectivity index is 1.50. The van der Waals surface area contributed by atoms with Crippen molar-refractivity contribution in [1.82, 2.24) is 10.6 Å². The van der Waals surface area contributed by atoms with Crippen molar-refractivity contribution < 1.29 is 4.79 Å². The number of hydrogen-bond acceptors (Lipinski definition) is 2. The van der Waals surface area contributed by atoms with Gasteiger partial charge in [-0.25, -0.2) is 0 Å². The zero-order valence-electron chi connectivity index (χ0n) is 12.4. The highest BCUT2D eigenvalue weighted by Gasteiger charge is 2.43. The smallest absolute Gasteiger partial charge is 0.223 e. The lowest BCUT2D eigenvalue weighted by atomic mass is 9.77. The Morgan fingerprint density at radius 1 is 1.32 bits per heavy atom. The van der Waals surface area contributed by atoms with Crippen LogP contribution in [0.5, 0.6) is 0 Å². The first-order valence-electron chi connectivity index (χ1n) is 8.07. The maximum Gasteiger partial charge on any atom is 0.223 e. The quantitative estimate of drug-likeness (QED) is 0.821. The number of hydrogen-bond donors (Lipinski definition) is 2. The molecule has 19 heavy (non-hydrogen) atoms. The van der Waals surface area contributed by atoms with Crippen LogP contribution in [0.3, 0.4) is 0 Å². The summed E-state index contributed by atoms with van der Waals surface area (Å²) in [5, 5.41) is 6.81. The minimum Gasteiger partial charge on any atom is -0.354 e. The highest BCUT2D eigenvalue weighted by molar-refractivity contribution is 5.79. The molecule has 108 valence electrons. The second kappa shape index (κ2) is 5.08. The fourth-order valence-electron chi connectivity index (χ4n) is 4.52. The van der Waals surface area contributed by atoms with Crippen molar-refractivity contribution in [2.24, 2.45) is 23.2 Å². The van der Waals surface area contributed by atoms with E-state index in [1.807, 2.05) is 0 Å². The van der Waals surface area contributed by atoms with Crippen molar-refractivity contribution in [2.45, 2.75) is 58.4 Å². The van der Waals surface area contributed by atoms with Crippen LogP contribution in [0.1, 0.15) is 52.4 Å². The molecular weight excluding hydrogens is 236 g/mol. The molecule has 3 fully saturated rings. The summed E-state index contributed by atoms with van der Waals surface area (Å²) in [7, 11) is 0. The van der Waals surface area contributed by atoms with Crippen molar-refractivity contribution >= 4 is 5.91 Å². The van der Waals surface area contributed by atoms with Crippen LogP contribution in [-0.4, -0.2) is 25.0 Å². The summed E-state index contributed by atoms with van der Waals surface area (Å²) in [5.41, 5.74) is 0.306. The molecule has 0 radical (unpaired) electrons. The first-order chi connectivity index (χ1) is 9.06. The van der Waals surface area contributed by atoms with Gasteiger partial charge in [0.2, 0.25) is 5.91 Å². The van der Waals surface area contributed by atoms with Crippen LogP contribution in [0, 0.1) is 23.2 Å². The summed E-state index contributed by atoms with van der Waals surface area (Å²) in [5.74, 6) is 2.20. The fraction of sp³-hybridized carbons (Fsp3) is 0.938. The number of piperidine rings is 1. The van der Waals surface area contributed by atoms with E-state index in [0.29, 0.717) is 29.2 Å². The summed E-state index contributed by atoms with van der Waals surface area (Å²) in [6.07, 6.45) is 7.63. The lowest BCUT2D eigenvalue weighted by Gasteiger charge is -2.39. The predicted molar refractivity (Wildman–Crippen MR) is 76.8 cm³/mol. The van der Waals surface area contributed by atoms with Crippen molar-refractivity contribution in [3.63, 3.8) is 0 Å². The average molecular weight is 264 g/mol. The van der Waals surface area contributed by atoms with Crippen LogP contribution in [0.4, 0.5) is 0 Å². The van der Waals surface area contributed by atoms with Crippen LogP contribution >= 0.6 is 0 Å².